The Balaban J connectivity index is 2.16. The van der Waals surface area contributed by atoms with Crippen LogP contribution < -0.4 is 4.90 Å². The highest BCUT2D eigenvalue weighted by Crippen LogP contribution is 2.40. The zero-order valence-corrected chi connectivity index (χ0v) is 12.4. The van der Waals surface area contributed by atoms with E-state index in [2.05, 4.69) is 24.0 Å². The lowest BCUT2D eigenvalue weighted by Gasteiger charge is -2.38. The Bertz CT molecular complexity index is 653. The van der Waals surface area contributed by atoms with Gasteiger partial charge in [-0.25, -0.2) is 4.39 Å². The van der Waals surface area contributed by atoms with Crippen molar-refractivity contribution in [1.82, 2.24) is 0 Å². The molecule has 1 aliphatic rings. The molecule has 2 aromatic rings. The van der Waals surface area contributed by atoms with E-state index in [1.807, 2.05) is 12.1 Å². The molecule has 0 saturated carbocycles. The van der Waals surface area contributed by atoms with Crippen molar-refractivity contribution in [3.05, 3.63) is 59.4 Å². The maximum absolute atomic E-state index is 13.5. The second-order valence-corrected chi connectivity index (χ2v) is 5.77. The maximum atomic E-state index is 13.5. The molecule has 0 spiro atoms. The lowest BCUT2D eigenvalue weighted by atomic mass is 9.94. The molecule has 0 bridgehead atoms. The highest BCUT2D eigenvalue weighted by Gasteiger charge is 2.26. The molecule has 1 heterocycles. The standard InChI is InChI=1S/C18H20FNO/c1-12-7-8-14-5-3-4-6-17(14)20(12)18-10-9-15(19)11-16(18)13(2)21/h3-6,9-13,21H,7-8H2,1-2H3. The Morgan fingerprint density at radius 2 is 1.95 bits per heavy atom. The van der Waals surface area contributed by atoms with Gasteiger partial charge in [-0.2, -0.15) is 0 Å². The van der Waals surface area contributed by atoms with Gasteiger partial charge >= 0.3 is 0 Å². The highest BCUT2D eigenvalue weighted by atomic mass is 19.1. The quantitative estimate of drug-likeness (QED) is 0.886. The van der Waals surface area contributed by atoms with Crippen molar-refractivity contribution in [2.75, 3.05) is 4.90 Å². The largest absolute Gasteiger partial charge is 0.389 e. The van der Waals surface area contributed by atoms with E-state index < -0.39 is 6.10 Å². The van der Waals surface area contributed by atoms with Gasteiger partial charge in [0.05, 0.1) is 6.10 Å². The van der Waals surface area contributed by atoms with E-state index in [1.165, 1.54) is 17.7 Å². The van der Waals surface area contributed by atoms with E-state index >= 15 is 0 Å². The van der Waals surface area contributed by atoms with Crippen LogP contribution in [-0.2, 0) is 6.42 Å². The van der Waals surface area contributed by atoms with Crippen LogP contribution in [0.25, 0.3) is 0 Å². The first kappa shape index (κ1) is 14.1. The van der Waals surface area contributed by atoms with E-state index in [-0.39, 0.29) is 5.82 Å². The molecular weight excluding hydrogens is 265 g/mol. The number of fused-ring (bicyclic) bond motifs is 1. The van der Waals surface area contributed by atoms with E-state index in [9.17, 15) is 9.50 Å². The fraction of sp³-hybridized carbons (Fsp3) is 0.333. The summed E-state index contributed by atoms with van der Waals surface area (Å²) in [4.78, 5) is 2.22. The molecule has 0 amide bonds. The lowest BCUT2D eigenvalue weighted by molar-refractivity contribution is 0.199. The Morgan fingerprint density at radius 1 is 1.19 bits per heavy atom. The van der Waals surface area contributed by atoms with Crippen LogP contribution in [0.5, 0.6) is 0 Å². The molecule has 2 aromatic carbocycles. The van der Waals surface area contributed by atoms with Crippen LogP contribution in [0, 0.1) is 5.82 Å². The highest BCUT2D eigenvalue weighted by molar-refractivity contribution is 5.71. The van der Waals surface area contributed by atoms with Crippen molar-refractivity contribution in [3.63, 3.8) is 0 Å². The Hall–Kier alpha value is -1.87. The average Bonchev–Trinajstić information content (AvgIpc) is 2.47. The molecule has 110 valence electrons. The van der Waals surface area contributed by atoms with Crippen LogP contribution in [0.15, 0.2) is 42.5 Å². The summed E-state index contributed by atoms with van der Waals surface area (Å²) in [6, 6.07) is 13.3. The normalized spacial score (nSPS) is 19.2. The predicted octanol–water partition coefficient (Wildman–Crippen LogP) is 4.35. The zero-order valence-electron chi connectivity index (χ0n) is 12.4. The van der Waals surface area contributed by atoms with Crippen molar-refractivity contribution < 1.29 is 9.50 Å². The van der Waals surface area contributed by atoms with Gasteiger partial charge in [0.2, 0.25) is 0 Å². The SMILES string of the molecule is CC(O)c1cc(F)ccc1N1c2ccccc2CCC1C. The fourth-order valence-electron chi connectivity index (χ4n) is 3.13. The Kier molecular flexibility index (Phi) is 3.68. The number of benzene rings is 2. The molecule has 0 saturated heterocycles. The zero-order chi connectivity index (χ0) is 15.0. The van der Waals surface area contributed by atoms with Crippen molar-refractivity contribution >= 4 is 11.4 Å². The van der Waals surface area contributed by atoms with Gasteiger partial charge in [0.25, 0.3) is 0 Å². The van der Waals surface area contributed by atoms with Gasteiger partial charge in [-0.05, 0) is 56.5 Å². The molecule has 0 radical (unpaired) electrons. The minimum Gasteiger partial charge on any atom is -0.389 e. The first-order valence-corrected chi connectivity index (χ1v) is 7.42. The number of hydrogen-bond acceptors (Lipinski definition) is 2. The minimum absolute atomic E-state index is 0.312. The van der Waals surface area contributed by atoms with E-state index in [4.69, 9.17) is 0 Å². The first-order chi connectivity index (χ1) is 10.1. The van der Waals surface area contributed by atoms with Crippen LogP contribution in [0.2, 0.25) is 0 Å². The molecule has 21 heavy (non-hydrogen) atoms. The molecule has 1 aliphatic heterocycles. The van der Waals surface area contributed by atoms with Crippen LogP contribution in [0.4, 0.5) is 15.8 Å². The summed E-state index contributed by atoms with van der Waals surface area (Å²) >= 11 is 0. The fourth-order valence-corrected chi connectivity index (χ4v) is 3.13. The molecule has 1 N–H and O–H groups in total. The summed E-state index contributed by atoms with van der Waals surface area (Å²) < 4.78 is 13.5. The number of hydrogen-bond donors (Lipinski definition) is 1. The van der Waals surface area contributed by atoms with Gasteiger partial charge < -0.3 is 10.0 Å². The van der Waals surface area contributed by atoms with Gasteiger partial charge in [-0.1, -0.05) is 18.2 Å². The summed E-state index contributed by atoms with van der Waals surface area (Å²) in [6.07, 6.45) is 1.41. The number of para-hydroxylation sites is 1. The van der Waals surface area contributed by atoms with Crippen molar-refractivity contribution in [1.29, 1.82) is 0 Å². The number of rotatable bonds is 2. The summed E-state index contributed by atoms with van der Waals surface area (Å²) in [5, 5.41) is 10.0. The summed E-state index contributed by atoms with van der Waals surface area (Å²) in [5.41, 5.74) is 3.99. The molecular formula is C18H20FNO. The topological polar surface area (TPSA) is 23.5 Å². The van der Waals surface area contributed by atoms with Gasteiger partial charge in [0, 0.05) is 23.0 Å². The monoisotopic (exact) mass is 285 g/mol. The Labute approximate surface area is 124 Å². The number of aryl methyl sites for hydroxylation is 1. The number of aliphatic hydroxyl groups excluding tert-OH is 1. The number of halogens is 1. The molecule has 2 nitrogen and oxygen atoms in total. The third-order valence-electron chi connectivity index (χ3n) is 4.22. The van der Waals surface area contributed by atoms with Crippen LogP contribution in [0.3, 0.4) is 0 Å². The Morgan fingerprint density at radius 3 is 2.71 bits per heavy atom. The summed E-state index contributed by atoms with van der Waals surface area (Å²) in [7, 11) is 0. The number of nitrogens with zero attached hydrogens (tertiary/aromatic N) is 1. The van der Waals surface area contributed by atoms with Gasteiger partial charge in [0.1, 0.15) is 5.82 Å². The molecule has 3 rings (SSSR count). The average molecular weight is 285 g/mol. The molecule has 0 aliphatic carbocycles. The van der Waals surface area contributed by atoms with Crippen molar-refractivity contribution in [2.45, 2.75) is 38.8 Å². The summed E-state index contributed by atoms with van der Waals surface area (Å²) in [6.45, 7) is 3.85. The number of anilines is 2. The minimum atomic E-state index is -0.697. The lowest BCUT2D eigenvalue weighted by Crippen LogP contribution is -2.34. The van der Waals surface area contributed by atoms with Crippen molar-refractivity contribution in [3.8, 4) is 0 Å². The maximum Gasteiger partial charge on any atom is 0.123 e. The third kappa shape index (κ3) is 2.54. The van der Waals surface area contributed by atoms with Crippen LogP contribution in [0.1, 0.15) is 37.5 Å². The first-order valence-electron chi connectivity index (χ1n) is 7.42. The molecule has 3 heteroatoms. The van der Waals surface area contributed by atoms with Gasteiger partial charge in [-0.15, -0.1) is 0 Å². The van der Waals surface area contributed by atoms with E-state index in [1.54, 1.807) is 13.0 Å². The van der Waals surface area contributed by atoms with E-state index in [0.29, 0.717) is 11.6 Å². The van der Waals surface area contributed by atoms with E-state index in [0.717, 1.165) is 24.2 Å². The van der Waals surface area contributed by atoms with Gasteiger partial charge in [0.15, 0.2) is 0 Å². The summed E-state index contributed by atoms with van der Waals surface area (Å²) in [5.74, 6) is -0.312. The smallest absolute Gasteiger partial charge is 0.123 e. The predicted molar refractivity (Wildman–Crippen MR) is 83.4 cm³/mol. The van der Waals surface area contributed by atoms with Gasteiger partial charge in [-0.3, -0.25) is 0 Å². The molecule has 0 aromatic heterocycles. The molecule has 0 fully saturated rings. The third-order valence-corrected chi connectivity index (χ3v) is 4.22. The number of aliphatic hydroxyl groups is 1. The second kappa shape index (κ2) is 5.49. The van der Waals surface area contributed by atoms with Crippen LogP contribution in [-0.4, -0.2) is 11.1 Å². The molecule has 2 atom stereocenters. The van der Waals surface area contributed by atoms with Crippen LogP contribution >= 0.6 is 0 Å². The molecule has 2 unspecified atom stereocenters. The second-order valence-electron chi connectivity index (χ2n) is 5.77. The van der Waals surface area contributed by atoms with Crippen molar-refractivity contribution in [2.24, 2.45) is 0 Å².